The zero-order valence-corrected chi connectivity index (χ0v) is 17.9. The summed E-state index contributed by atoms with van der Waals surface area (Å²) in [5.41, 5.74) is 4.73. The molecule has 2 amide bonds. The monoisotopic (exact) mass is 407 g/mol. The van der Waals surface area contributed by atoms with Gasteiger partial charge < -0.3 is 5.32 Å². The van der Waals surface area contributed by atoms with Crippen LogP contribution in [-0.4, -0.2) is 16.8 Å². The molecule has 0 spiro atoms. The lowest BCUT2D eigenvalue weighted by Gasteiger charge is -2.18. The summed E-state index contributed by atoms with van der Waals surface area (Å²) in [4.78, 5) is 28.0. The molecule has 0 saturated carbocycles. The summed E-state index contributed by atoms with van der Waals surface area (Å²) in [6.45, 7) is 8.48. The van der Waals surface area contributed by atoms with Crippen LogP contribution < -0.4 is 10.6 Å². The third kappa shape index (κ3) is 5.51. The van der Waals surface area contributed by atoms with E-state index in [2.05, 4.69) is 60.7 Å². The molecule has 0 aliphatic carbocycles. The van der Waals surface area contributed by atoms with Crippen molar-refractivity contribution in [1.29, 1.82) is 0 Å². The highest BCUT2D eigenvalue weighted by molar-refractivity contribution is 7.14. The van der Waals surface area contributed by atoms with Crippen molar-refractivity contribution >= 4 is 28.3 Å². The molecule has 0 unspecified atom stereocenters. The van der Waals surface area contributed by atoms with Gasteiger partial charge in [0.1, 0.15) is 0 Å². The molecule has 1 aromatic heterocycles. The summed E-state index contributed by atoms with van der Waals surface area (Å²) in [7, 11) is 0. The van der Waals surface area contributed by atoms with Crippen LogP contribution in [0.15, 0.2) is 53.9 Å². The number of carbonyl (C=O) groups excluding carboxylic acids is 2. The number of nitrogens with zero attached hydrogens (tertiary/aromatic N) is 1. The maximum atomic E-state index is 12.5. The second kappa shape index (κ2) is 8.57. The Kier molecular flexibility index (Phi) is 6.13. The number of carbonyl (C=O) groups is 2. The Balaban J connectivity index is 1.65. The topological polar surface area (TPSA) is 71.1 Å². The number of hydrogen-bond donors (Lipinski definition) is 2. The smallest absolute Gasteiger partial charge is 0.257 e. The molecule has 2 aromatic carbocycles. The van der Waals surface area contributed by atoms with Gasteiger partial charge >= 0.3 is 0 Å². The number of amides is 2. The van der Waals surface area contributed by atoms with Gasteiger partial charge in [0, 0.05) is 30.0 Å². The van der Waals surface area contributed by atoms with Gasteiger partial charge in [-0.25, -0.2) is 4.98 Å². The minimum absolute atomic E-state index is 0.0839. The van der Waals surface area contributed by atoms with E-state index in [4.69, 9.17) is 0 Å². The summed E-state index contributed by atoms with van der Waals surface area (Å²) in [5, 5.41) is 8.09. The third-order valence-corrected chi connectivity index (χ3v) is 5.29. The van der Waals surface area contributed by atoms with E-state index in [-0.39, 0.29) is 17.2 Å². The van der Waals surface area contributed by atoms with E-state index in [0.29, 0.717) is 17.2 Å². The molecule has 1 heterocycles. The van der Waals surface area contributed by atoms with Gasteiger partial charge in [0.2, 0.25) is 5.91 Å². The molecule has 29 heavy (non-hydrogen) atoms. The van der Waals surface area contributed by atoms with E-state index in [1.54, 1.807) is 12.1 Å². The predicted octanol–water partition coefficient (Wildman–Crippen LogP) is 5.00. The number of rotatable bonds is 5. The summed E-state index contributed by atoms with van der Waals surface area (Å²) in [6, 6.07) is 15.5. The SMILES string of the molecule is CC(=O)NCc1ccc(C(=O)Nc2nc(-c3ccc(C(C)(C)C)cc3)cs2)cc1. The van der Waals surface area contributed by atoms with Gasteiger partial charge in [-0.1, -0.05) is 57.2 Å². The van der Waals surface area contributed by atoms with Gasteiger partial charge in [0.25, 0.3) is 5.91 Å². The molecule has 0 atom stereocenters. The summed E-state index contributed by atoms with van der Waals surface area (Å²) < 4.78 is 0. The van der Waals surface area contributed by atoms with Crippen LogP contribution in [-0.2, 0) is 16.8 Å². The molecule has 0 aliphatic rings. The molecule has 0 radical (unpaired) electrons. The second-order valence-corrected chi connectivity index (χ2v) is 8.78. The van der Waals surface area contributed by atoms with Gasteiger partial charge in [-0.2, -0.15) is 0 Å². The molecule has 2 N–H and O–H groups in total. The number of anilines is 1. The highest BCUT2D eigenvalue weighted by Gasteiger charge is 2.14. The van der Waals surface area contributed by atoms with E-state index in [9.17, 15) is 9.59 Å². The number of benzene rings is 2. The van der Waals surface area contributed by atoms with Crippen LogP contribution in [0.25, 0.3) is 11.3 Å². The fourth-order valence-corrected chi connectivity index (χ4v) is 3.49. The standard InChI is InChI=1S/C23H25N3O2S/c1-15(27)24-13-16-5-7-18(8-6-16)21(28)26-22-25-20(14-29-22)17-9-11-19(12-10-17)23(2,3)4/h5-12,14H,13H2,1-4H3,(H,24,27)(H,25,26,28). The van der Waals surface area contributed by atoms with Gasteiger partial charge in [0.05, 0.1) is 5.69 Å². The number of thiazole rings is 1. The maximum Gasteiger partial charge on any atom is 0.257 e. The van der Waals surface area contributed by atoms with Crippen molar-refractivity contribution in [2.45, 2.75) is 39.7 Å². The predicted molar refractivity (Wildman–Crippen MR) is 118 cm³/mol. The molecule has 150 valence electrons. The molecular formula is C23H25N3O2S. The van der Waals surface area contributed by atoms with Crippen molar-refractivity contribution in [2.24, 2.45) is 0 Å². The van der Waals surface area contributed by atoms with Crippen LogP contribution in [0.5, 0.6) is 0 Å². The molecule has 0 aliphatic heterocycles. The molecule has 6 heteroatoms. The first kappa shape index (κ1) is 20.7. The minimum Gasteiger partial charge on any atom is -0.352 e. The molecule has 3 rings (SSSR count). The van der Waals surface area contributed by atoms with Gasteiger partial charge in [-0.3, -0.25) is 14.9 Å². The zero-order chi connectivity index (χ0) is 21.0. The molecule has 3 aromatic rings. The molecular weight excluding hydrogens is 382 g/mol. The van der Waals surface area contributed by atoms with Crippen molar-refractivity contribution in [3.8, 4) is 11.3 Å². The van der Waals surface area contributed by atoms with Crippen molar-refractivity contribution in [3.05, 3.63) is 70.6 Å². The van der Waals surface area contributed by atoms with Gasteiger partial charge in [-0.15, -0.1) is 11.3 Å². The van der Waals surface area contributed by atoms with Crippen LogP contribution in [0.1, 0.15) is 49.2 Å². The van der Waals surface area contributed by atoms with Crippen LogP contribution in [0.2, 0.25) is 0 Å². The Morgan fingerprint density at radius 2 is 1.66 bits per heavy atom. The normalized spacial score (nSPS) is 11.2. The van der Waals surface area contributed by atoms with Crippen LogP contribution in [0.3, 0.4) is 0 Å². The minimum atomic E-state index is -0.208. The van der Waals surface area contributed by atoms with Crippen LogP contribution in [0, 0.1) is 0 Å². The van der Waals surface area contributed by atoms with Crippen molar-refractivity contribution in [2.75, 3.05) is 5.32 Å². The highest BCUT2D eigenvalue weighted by atomic mass is 32.1. The first-order chi connectivity index (χ1) is 13.7. The Morgan fingerprint density at radius 1 is 1.00 bits per heavy atom. The highest BCUT2D eigenvalue weighted by Crippen LogP contribution is 2.28. The molecule has 0 saturated heterocycles. The van der Waals surface area contributed by atoms with Crippen LogP contribution in [0.4, 0.5) is 5.13 Å². The number of aromatic nitrogens is 1. The maximum absolute atomic E-state index is 12.5. The van der Waals surface area contributed by atoms with E-state index >= 15 is 0 Å². The lowest BCUT2D eigenvalue weighted by Crippen LogP contribution is -2.19. The summed E-state index contributed by atoms with van der Waals surface area (Å²) in [5.74, 6) is -0.292. The fourth-order valence-electron chi connectivity index (χ4n) is 2.77. The first-order valence-electron chi connectivity index (χ1n) is 9.43. The number of hydrogen-bond acceptors (Lipinski definition) is 4. The van der Waals surface area contributed by atoms with E-state index < -0.39 is 0 Å². The third-order valence-electron chi connectivity index (χ3n) is 4.53. The Bertz CT molecular complexity index is 1000. The van der Waals surface area contributed by atoms with Crippen molar-refractivity contribution < 1.29 is 9.59 Å². The lowest BCUT2D eigenvalue weighted by molar-refractivity contribution is -0.119. The Labute approximate surface area is 175 Å². The Hall–Kier alpha value is -2.99. The van der Waals surface area contributed by atoms with Crippen molar-refractivity contribution in [1.82, 2.24) is 10.3 Å². The van der Waals surface area contributed by atoms with E-state index in [1.165, 1.54) is 23.8 Å². The van der Waals surface area contributed by atoms with Gasteiger partial charge in [0.15, 0.2) is 5.13 Å². The second-order valence-electron chi connectivity index (χ2n) is 7.93. The lowest BCUT2D eigenvalue weighted by atomic mass is 9.86. The Morgan fingerprint density at radius 3 is 2.24 bits per heavy atom. The quantitative estimate of drug-likeness (QED) is 0.625. The largest absolute Gasteiger partial charge is 0.352 e. The first-order valence-corrected chi connectivity index (χ1v) is 10.3. The van der Waals surface area contributed by atoms with Gasteiger partial charge in [-0.05, 0) is 28.7 Å². The molecule has 0 bridgehead atoms. The summed E-state index contributed by atoms with van der Waals surface area (Å²) in [6.07, 6.45) is 0. The average Bonchev–Trinajstić information content (AvgIpc) is 3.14. The zero-order valence-electron chi connectivity index (χ0n) is 17.1. The average molecular weight is 408 g/mol. The fraction of sp³-hybridized carbons (Fsp3) is 0.261. The van der Waals surface area contributed by atoms with Crippen LogP contribution >= 0.6 is 11.3 Å². The number of nitrogens with one attached hydrogen (secondary N) is 2. The van der Waals surface area contributed by atoms with E-state index in [0.717, 1.165) is 16.8 Å². The molecule has 5 nitrogen and oxygen atoms in total. The molecule has 0 fully saturated rings. The summed E-state index contributed by atoms with van der Waals surface area (Å²) >= 11 is 1.40. The van der Waals surface area contributed by atoms with Crippen molar-refractivity contribution in [3.63, 3.8) is 0 Å². The van der Waals surface area contributed by atoms with E-state index in [1.807, 2.05) is 17.5 Å².